The zero-order valence-electron chi connectivity index (χ0n) is 15.8. The lowest BCUT2D eigenvalue weighted by Crippen LogP contribution is -2.32. The van der Waals surface area contributed by atoms with Crippen molar-refractivity contribution in [2.75, 3.05) is 23.8 Å². The summed E-state index contributed by atoms with van der Waals surface area (Å²) in [6.07, 6.45) is 0. The van der Waals surface area contributed by atoms with Crippen LogP contribution in [0.1, 0.15) is 11.4 Å². The van der Waals surface area contributed by atoms with Gasteiger partial charge in [-0.25, -0.2) is 9.97 Å². The second kappa shape index (κ2) is 7.20. The number of carbonyl (C=O) groups is 1. The summed E-state index contributed by atoms with van der Waals surface area (Å²) in [5, 5.41) is 8.34. The van der Waals surface area contributed by atoms with Crippen LogP contribution >= 0.6 is 15.9 Å². The molecule has 0 spiro atoms. The predicted octanol–water partition coefficient (Wildman–Crippen LogP) is 3.73. The van der Waals surface area contributed by atoms with Crippen molar-refractivity contribution in [2.45, 2.75) is 13.8 Å². The highest BCUT2D eigenvalue weighted by atomic mass is 79.9. The highest BCUT2D eigenvalue weighted by molar-refractivity contribution is 9.10. The molecule has 0 aliphatic carbocycles. The van der Waals surface area contributed by atoms with Gasteiger partial charge >= 0.3 is 0 Å². The summed E-state index contributed by atoms with van der Waals surface area (Å²) in [5.74, 6) is 1.09. The zero-order valence-corrected chi connectivity index (χ0v) is 17.4. The fraction of sp³-hybridized carbons (Fsp3) is 0.200. The number of benzene rings is 2. The monoisotopic (exact) mass is 438 g/mol. The number of likely N-dealkylation sites (N-methyl/N-ethyl adjacent to an activating group) is 1. The number of fused-ring (bicyclic) bond motifs is 3. The Bertz CT molecular complexity index is 1200. The Balaban J connectivity index is 1.64. The smallest absolute Gasteiger partial charge is 0.244 e. The lowest BCUT2D eigenvalue weighted by Gasteiger charge is -2.19. The Labute approximate surface area is 170 Å². The van der Waals surface area contributed by atoms with Crippen LogP contribution in [0.3, 0.4) is 0 Å². The lowest BCUT2D eigenvalue weighted by atomic mass is 10.2. The number of nitrogens with one attached hydrogen (secondary N) is 1. The summed E-state index contributed by atoms with van der Waals surface area (Å²) in [5.41, 5.74) is 3.32. The fourth-order valence-corrected chi connectivity index (χ4v) is 3.61. The normalized spacial score (nSPS) is 11.1. The van der Waals surface area contributed by atoms with Gasteiger partial charge in [0.1, 0.15) is 5.82 Å². The van der Waals surface area contributed by atoms with E-state index in [1.807, 2.05) is 63.4 Å². The van der Waals surface area contributed by atoms with Crippen LogP contribution in [0, 0.1) is 13.8 Å². The van der Waals surface area contributed by atoms with Gasteiger partial charge in [-0.15, -0.1) is 5.10 Å². The van der Waals surface area contributed by atoms with E-state index in [1.54, 1.807) is 9.42 Å². The number of rotatable bonds is 4. The van der Waals surface area contributed by atoms with Crippen LogP contribution in [0.25, 0.3) is 16.6 Å². The molecule has 0 unspecified atom stereocenters. The summed E-state index contributed by atoms with van der Waals surface area (Å²) in [4.78, 5) is 23.6. The highest BCUT2D eigenvalue weighted by Gasteiger charge is 2.17. The van der Waals surface area contributed by atoms with Crippen molar-refractivity contribution in [1.82, 2.24) is 19.6 Å². The number of aryl methyl sites for hydroxylation is 2. The van der Waals surface area contributed by atoms with Gasteiger partial charge in [-0.05, 0) is 49.7 Å². The van der Waals surface area contributed by atoms with Crippen LogP contribution in [0.5, 0.6) is 0 Å². The van der Waals surface area contributed by atoms with E-state index >= 15 is 0 Å². The number of aromatic nitrogens is 4. The molecule has 0 saturated heterocycles. The Morgan fingerprint density at radius 1 is 1.18 bits per heavy atom. The molecule has 142 valence electrons. The molecule has 4 rings (SSSR count). The van der Waals surface area contributed by atoms with Gasteiger partial charge in [-0.2, -0.15) is 4.52 Å². The minimum Gasteiger partial charge on any atom is -0.334 e. The summed E-state index contributed by atoms with van der Waals surface area (Å²) in [6.45, 7) is 3.93. The molecule has 4 aromatic rings. The van der Waals surface area contributed by atoms with Crippen molar-refractivity contribution in [3.05, 3.63) is 58.3 Å². The molecule has 2 aromatic heterocycles. The van der Waals surface area contributed by atoms with Gasteiger partial charge in [0.2, 0.25) is 11.9 Å². The van der Waals surface area contributed by atoms with Crippen LogP contribution in [0.15, 0.2) is 46.9 Å². The third-order valence-corrected chi connectivity index (χ3v) is 4.95. The lowest BCUT2D eigenvalue weighted by molar-refractivity contribution is -0.114. The van der Waals surface area contributed by atoms with Crippen molar-refractivity contribution in [3.8, 4) is 0 Å². The van der Waals surface area contributed by atoms with Gasteiger partial charge in [0, 0.05) is 22.6 Å². The van der Waals surface area contributed by atoms with Crippen molar-refractivity contribution in [3.63, 3.8) is 0 Å². The number of carbonyl (C=O) groups excluding carboxylic acids is 1. The molecule has 2 heterocycles. The number of amides is 1. The Morgan fingerprint density at radius 3 is 2.75 bits per heavy atom. The summed E-state index contributed by atoms with van der Waals surface area (Å²) >= 11 is 3.43. The topological polar surface area (TPSA) is 75.4 Å². The Kier molecular flexibility index (Phi) is 4.72. The third kappa shape index (κ3) is 3.43. The first-order valence-corrected chi connectivity index (χ1v) is 9.61. The van der Waals surface area contributed by atoms with Crippen LogP contribution in [0.4, 0.5) is 11.6 Å². The first-order chi connectivity index (χ1) is 13.4. The molecule has 0 aliphatic rings. The first-order valence-electron chi connectivity index (χ1n) is 8.81. The molecule has 0 fully saturated rings. The number of nitrogens with zero attached hydrogens (tertiary/aromatic N) is 5. The van der Waals surface area contributed by atoms with E-state index < -0.39 is 0 Å². The Morgan fingerprint density at radius 2 is 1.96 bits per heavy atom. The molecule has 0 atom stereocenters. The van der Waals surface area contributed by atoms with E-state index in [0.29, 0.717) is 11.8 Å². The Hall–Kier alpha value is -3.00. The van der Waals surface area contributed by atoms with Gasteiger partial charge in [0.05, 0.1) is 12.1 Å². The van der Waals surface area contributed by atoms with Crippen molar-refractivity contribution in [1.29, 1.82) is 0 Å². The SMILES string of the molecule is Cc1nc2c3ccccc3nc(N(C)CC(=O)Nc3ccc(Br)cc3C)n2n1. The van der Waals surface area contributed by atoms with Gasteiger partial charge in [-0.1, -0.05) is 28.1 Å². The van der Waals surface area contributed by atoms with Crippen LogP contribution in [-0.4, -0.2) is 39.1 Å². The number of para-hydroxylation sites is 1. The largest absolute Gasteiger partial charge is 0.334 e. The highest BCUT2D eigenvalue weighted by Crippen LogP contribution is 2.23. The number of halogens is 1. The average Bonchev–Trinajstić information content (AvgIpc) is 3.05. The molecule has 0 radical (unpaired) electrons. The summed E-state index contributed by atoms with van der Waals surface area (Å²) in [7, 11) is 1.82. The van der Waals surface area contributed by atoms with Crippen LogP contribution in [-0.2, 0) is 4.79 Å². The molecule has 0 aliphatic heterocycles. The van der Waals surface area contributed by atoms with Gasteiger partial charge in [0.15, 0.2) is 5.65 Å². The molecule has 2 aromatic carbocycles. The fourth-order valence-electron chi connectivity index (χ4n) is 3.13. The number of hydrogen-bond donors (Lipinski definition) is 1. The van der Waals surface area contributed by atoms with Gasteiger partial charge in [-0.3, -0.25) is 4.79 Å². The minimum atomic E-state index is -0.132. The molecular formula is C20H19BrN6O. The van der Waals surface area contributed by atoms with E-state index in [-0.39, 0.29) is 12.5 Å². The van der Waals surface area contributed by atoms with Crippen LogP contribution in [0.2, 0.25) is 0 Å². The van der Waals surface area contributed by atoms with Crippen molar-refractivity contribution >= 4 is 50.0 Å². The first kappa shape index (κ1) is 18.4. The number of hydrogen-bond acceptors (Lipinski definition) is 5. The molecule has 0 saturated carbocycles. The third-order valence-electron chi connectivity index (χ3n) is 4.45. The maximum Gasteiger partial charge on any atom is 0.244 e. The van der Waals surface area contributed by atoms with E-state index in [4.69, 9.17) is 4.98 Å². The second-order valence-electron chi connectivity index (χ2n) is 6.69. The van der Waals surface area contributed by atoms with E-state index in [2.05, 4.69) is 31.3 Å². The molecule has 8 heteroatoms. The van der Waals surface area contributed by atoms with Gasteiger partial charge in [0.25, 0.3) is 0 Å². The van der Waals surface area contributed by atoms with E-state index in [1.165, 1.54) is 0 Å². The van der Waals surface area contributed by atoms with Gasteiger partial charge < -0.3 is 10.2 Å². The summed E-state index contributed by atoms with van der Waals surface area (Å²) in [6, 6.07) is 13.5. The number of anilines is 2. The van der Waals surface area contributed by atoms with Crippen molar-refractivity contribution in [2.24, 2.45) is 0 Å². The molecular weight excluding hydrogens is 420 g/mol. The second-order valence-corrected chi connectivity index (χ2v) is 7.60. The molecule has 7 nitrogen and oxygen atoms in total. The van der Waals surface area contributed by atoms with Crippen LogP contribution < -0.4 is 10.2 Å². The average molecular weight is 439 g/mol. The van der Waals surface area contributed by atoms with E-state index in [9.17, 15) is 4.79 Å². The predicted molar refractivity (Wildman–Crippen MR) is 114 cm³/mol. The minimum absolute atomic E-state index is 0.132. The maximum absolute atomic E-state index is 12.6. The van der Waals surface area contributed by atoms with Crippen molar-refractivity contribution < 1.29 is 4.79 Å². The van der Waals surface area contributed by atoms with E-state index in [0.717, 1.165) is 32.3 Å². The zero-order chi connectivity index (χ0) is 19.8. The quantitative estimate of drug-likeness (QED) is 0.525. The maximum atomic E-state index is 12.6. The molecule has 1 amide bonds. The summed E-state index contributed by atoms with van der Waals surface area (Å²) < 4.78 is 2.67. The molecule has 28 heavy (non-hydrogen) atoms. The molecule has 0 bridgehead atoms. The standard InChI is InChI=1S/C20H19BrN6O/c1-12-10-14(21)8-9-16(12)23-18(28)11-26(3)20-24-17-7-5-4-6-15(17)19-22-13(2)25-27(19)20/h4-10H,11H2,1-3H3,(H,23,28). The molecule has 1 N–H and O–H groups in total.